The number of nitriles is 1. The van der Waals surface area contributed by atoms with Gasteiger partial charge in [-0.05, 0) is 38.1 Å². The molecule has 1 fully saturated rings. The summed E-state index contributed by atoms with van der Waals surface area (Å²) in [4.78, 5) is 0. The van der Waals surface area contributed by atoms with Gasteiger partial charge in [0.1, 0.15) is 5.69 Å². The summed E-state index contributed by atoms with van der Waals surface area (Å²) in [6.45, 7) is 2.60. The SMILES string of the molecule is N#Cc1cc(F)c(NCCOC2CCNCC2)c(F)c1. The summed E-state index contributed by atoms with van der Waals surface area (Å²) in [6, 6.07) is 3.73. The Morgan fingerprint density at radius 1 is 1.30 bits per heavy atom. The van der Waals surface area contributed by atoms with Crippen molar-refractivity contribution in [1.82, 2.24) is 5.32 Å². The molecule has 0 amide bonds. The molecule has 1 aromatic rings. The van der Waals surface area contributed by atoms with Gasteiger partial charge < -0.3 is 15.4 Å². The third kappa shape index (κ3) is 3.89. The Bertz CT molecular complexity index is 473. The highest BCUT2D eigenvalue weighted by Crippen LogP contribution is 2.20. The highest BCUT2D eigenvalue weighted by Gasteiger charge is 2.14. The second-order valence-corrected chi connectivity index (χ2v) is 4.67. The van der Waals surface area contributed by atoms with Crippen LogP contribution in [0, 0.1) is 23.0 Å². The Morgan fingerprint density at radius 3 is 2.55 bits per heavy atom. The minimum atomic E-state index is -0.761. The molecular weight excluding hydrogens is 264 g/mol. The summed E-state index contributed by atoms with van der Waals surface area (Å²) >= 11 is 0. The molecule has 20 heavy (non-hydrogen) atoms. The smallest absolute Gasteiger partial charge is 0.150 e. The Morgan fingerprint density at radius 2 is 1.95 bits per heavy atom. The monoisotopic (exact) mass is 281 g/mol. The van der Waals surface area contributed by atoms with Gasteiger partial charge in [-0.3, -0.25) is 0 Å². The molecule has 1 aromatic carbocycles. The molecule has 6 heteroatoms. The quantitative estimate of drug-likeness (QED) is 0.811. The molecular formula is C14H17F2N3O. The number of nitrogens with one attached hydrogen (secondary N) is 2. The molecule has 2 N–H and O–H groups in total. The first-order valence-electron chi connectivity index (χ1n) is 6.66. The van der Waals surface area contributed by atoms with Crippen LogP contribution in [0.15, 0.2) is 12.1 Å². The lowest BCUT2D eigenvalue weighted by Crippen LogP contribution is -2.33. The minimum Gasteiger partial charge on any atom is -0.378 e. The predicted molar refractivity (Wildman–Crippen MR) is 71.4 cm³/mol. The molecule has 0 aliphatic carbocycles. The van der Waals surface area contributed by atoms with E-state index < -0.39 is 11.6 Å². The van der Waals surface area contributed by atoms with Crippen LogP contribution in [0.4, 0.5) is 14.5 Å². The van der Waals surface area contributed by atoms with Crippen LogP contribution in [0.2, 0.25) is 0 Å². The van der Waals surface area contributed by atoms with E-state index in [2.05, 4.69) is 10.6 Å². The maximum Gasteiger partial charge on any atom is 0.150 e. The summed E-state index contributed by atoms with van der Waals surface area (Å²) in [6.07, 6.45) is 2.13. The van der Waals surface area contributed by atoms with E-state index in [0.717, 1.165) is 38.1 Å². The molecule has 0 saturated carbocycles. The van der Waals surface area contributed by atoms with E-state index in [1.54, 1.807) is 6.07 Å². The number of piperidine rings is 1. The van der Waals surface area contributed by atoms with Gasteiger partial charge in [0.2, 0.25) is 0 Å². The zero-order valence-electron chi connectivity index (χ0n) is 11.1. The third-order valence-corrected chi connectivity index (χ3v) is 3.21. The van der Waals surface area contributed by atoms with Crippen LogP contribution >= 0.6 is 0 Å². The fraction of sp³-hybridized carbons (Fsp3) is 0.500. The van der Waals surface area contributed by atoms with Gasteiger partial charge in [0, 0.05) is 6.54 Å². The summed E-state index contributed by atoms with van der Waals surface area (Å²) in [7, 11) is 0. The first kappa shape index (κ1) is 14.7. The maximum absolute atomic E-state index is 13.6. The number of rotatable bonds is 5. The normalized spacial score (nSPS) is 15.8. The largest absolute Gasteiger partial charge is 0.378 e. The highest BCUT2D eigenvalue weighted by molar-refractivity contribution is 5.50. The fourth-order valence-electron chi connectivity index (χ4n) is 2.17. The van der Waals surface area contributed by atoms with Gasteiger partial charge in [-0.15, -0.1) is 0 Å². The van der Waals surface area contributed by atoms with E-state index in [4.69, 9.17) is 10.00 Å². The average Bonchev–Trinajstić information content (AvgIpc) is 2.46. The predicted octanol–water partition coefficient (Wildman–Crippen LogP) is 2.02. The second kappa shape index (κ2) is 7.17. The van der Waals surface area contributed by atoms with Gasteiger partial charge in [-0.25, -0.2) is 8.78 Å². The van der Waals surface area contributed by atoms with E-state index in [1.807, 2.05) is 0 Å². The summed E-state index contributed by atoms with van der Waals surface area (Å²) < 4.78 is 32.8. The third-order valence-electron chi connectivity index (χ3n) is 3.21. The number of ether oxygens (including phenoxy) is 1. The molecule has 4 nitrogen and oxygen atoms in total. The van der Waals surface area contributed by atoms with Crippen LogP contribution in [0.25, 0.3) is 0 Å². The Kier molecular flexibility index (Phi) is 5.27. The number of anilines is 1. The van der Waals surface area contributed by atoms with Crippen LogP contribution < -0.4 is 10.6 Å². The molecule has 0 radical (unpaired) electrons. The first-order valence-corrected chi connectivity index (χ1v) is 6.66. The van der Waals surface area contributed by atoms with Crippen molar-refractivity contribution in [3.63, 3.8) is 0 Å². The van der Waals surface area contributed by atoms with Crippen LogP contribution in [0.5, 0.6) is 0 Å². The van der Waals surface area contributed by atoms with E-state index in [0.29, 0.717) is 13.2 Å². The van der Waals surface area contributed by atoms with Gasteiger partial charge in [0.25, 0.3) is 0 Å². The van der Waals surface area contributed by atoms with Crippen LogP contribution in [0.3, 0.4) is 0 Å². The van der Waals surface area contributed by atoms with E-state index >= 15 is 0 Å². The number of nitrogens with zero attached hydrogens (tertiary/aromatic N) is 1. The molecule has 0 spiro atoms. The van der Waals surface area contributed by atoms with Crippen molar-refractivity contribution >= 4 is 5.69 Å². The minimum absolute atomic E-state index is 0.0310. The van der Waals surface area contributed by atoms with Gasteiger partial charge in [-0.1, -0.05) is 0 Å². The summed E-state index contributed by atoms with van der Waals surface area (Å²) in [5.74, 6) is -1.52. The Hall–Kier alpha value is -1.71. The van der Waals surface area contributed by atoms with Crippen molar-refractivity contribution in [2.24, 2.45) is 0 Å². The molecule has 2 rings (SSSR count). The zero-order valence-corrected chi connectivity index (χ0v) is 11.1. The van der Waals surface area contributed by atoms with Gasteiger partial charge >= 0.3 is 0 Å². The fourth-order valence-corrected chi connectivity index (χ4v) is 2.17. The number of halogens is 2. The molecule has 1 aliphatic heterocycles. The molecule has 0 unspecified atom stereocenters. The van der Waals surface area contributed by atoms with E-state index in [9.17, 15) is 8.78 Å². The van der Waals surface area contributed by atoms with Crippen molar-refractivity contribution in [3.8, 4) is 6.07 Å². The molecule has 108 valence electrons. The molecule has 0 aromatic heterocycles. The first-order chi connectivity index (χ1) is 9.70. The summed E-state index contributed by atoms with van der Waals surface area (Å²) in [5.41, 5.74) is -0.241. The standard InChI is InChI=1S/C14H17F2N3O/c15-12-7-10(9-17)8-13(16)14(12)19-5-6-20-11-1-3-18-4-2-11/h7-8,11,18-19H,1-6H2. The van der Waals surface area contributed by atoms with Gasteiger partial charge in [0.15, 0.2) is 11.6 Å². The van der Waals surface area contributed by atoms with Crippen molar-refractivity contribution in [2.75, 3.05) is 31.6 Å². The van der Waals surface area contributed by atoms with Gasteiger partial charge in [0.05, 0.1) is 24.3 Å². The second-order valence-electron chi connectivity index (χ2n) is 4.67. The molecule has 1 aliphatic rings. The van der Waals surface area contributed by atoms with Crippen LogP contribution in [-0.4, -0.2) is 32.3 Å². The zero-order chi connectivity index (χ0) is 14.4. The van der Waals surface area contributed by atoms with Crippen molar-refractivity contribution in [3.05, 3.63) is 29.3 Å². The lowest BCUT2D eigenvalue weighted by Gasteiger charge is -2.23. The molecule has 1 saturated heterocycles. The molecule has 0 atom stereocenters. The van der Waals surface area contributed by atoms with Crippen molar-refractivity contribution in [1.29, 1.82) is 5.26 Å². The topological polar surface area (TPSA) is 57.1 Å². The average molecular weight is 281 g/mol. The number of hydrogen-bond donors (Lipinski definition) is 2. The van der Waals surface area contributed by atoms with Crippen LogP contribution in [0.1, 0.15) is 18.4 Å². The lowest BCUT2D eigenvalue weighted by molar-refractivity contribution is 0.0394. The molecule has 1 heterocycles. The number of benzene rings is 1. The number of hydrogen-bond acceptors (Lipinski definition) is 4. The molecule has 0 bridgehead atoms. The van der Waals surface area contributed by atoms with E-state index in [-0.39, 0.29) is 17.4 Å². The van der Waals surface area contributed by atoms with Gasteiger partial charge in [-0.2, -0.15) is 5.26 Å². The van der Waals surface area contributed by atoms with Crippen LogP contribution in [-0.2, 0) is 4.74 Å². The van der Waals surface area contributed by atoms with Crippen molar-refractivity contribution < 1.29 is 13.5 Å². The van der Waals surface area contributed by atoms with E-state index in [1.165, 1.54) is 0 Å². The Labute approximate surface area is 116 Å². The highest BCUT2D eigenvalue weighted by atomic mass is 19.1. The maximum atomic E-state index is 13.6. The lowest BCUT2D eigenvalue weighted by atomic mass is 10.1. The summed E-state index contributed by atoms with van der Waals surface area (Å²) in [5, 5.41) is 14.5. The van der Waals surface area contributed by atoms with Crippen molar-refractivity contribution in [2.45, 2.75) is 18.9 Å². The Balaban J connectivity index is 1.80.